The third-order valence-corrected chi connectivity index (χ3v) is 4.02. The highest BCUT2D eigenvalue weighted by Crippen LogP contribution is 2.25. The van der Waals surface area contributed by atoms with Crippen molar-refractivity contribution >= 4 is 34.2 Å². The van der Waals surface area contributed by atoms with Gasteiger partial charge >= 0.3 is 0 Å². The monoisotopic (exact) mass is 310 g/mol. The van der Waals surface area contributed by atoms with E-state index in [0.717, 1.165) is 15.6 Å². The number of methoxy groups -OCH3 is 1. The van der Waals surface area contributed by atoms with Crippen molar-refractivity contribution in [2.24, 2.45) is 5.10 Å². The fraction of sp³-hybridized carbons (Fsp3) is 0.0588. The van der Waals surface area contributed by atoms with Gasteiger partial charge in [-0.25, -0.2) is 5.43 Å². The highest BCUT2D eigenvalue weighted by atomic mass is 32.1. The molecule has 0 aliphatic rings. The van der Waals surface area contributed by atoms with E-state index in [4.69, 9.17) is 4.74 Å². The van der Waals surface area contributed by atoms with Gasteiger partial charge in [-0.2, -0.15) is 5.10 Å². The molecule has 0 atom stereocenters. The maximum atomic E-state index is 12.3. The number of nitrogens with zero attached hydrogens (tertiary/aromatic N) is 1. The number of carbonyl (C=O) groups excluding carboxylic acids is 1. The summed E-state index contributed by atoms with van der Waals surface area (Å²) in [6, 6.07) is 15.3. The molecule has 1 aromatic heterocycles. The summed E-state index contributed by atoms with van der Waals surface area (Å²) in [4.78, 5) is 13.3. The molecule has 0 saturated heterocycles. The first-order valence-corrected chi connectivity index (χ1v) is 7.59. The van der Waals surface area contributed by atoms with E-state index in [-0.39, 0.29) is 5.91 Å². The number of benzene rings is 2. The van der Waals surface area contributed by atoms with Crippen LogP contribution in [0.1, 0.15) is 15.2 Å². The van der Waals surface area contributed by atoms with Crippen molar-refractivity contribution in [3.8, 4) is 5.75 Å². The van der Waals surface area contributed by atoms with Crippen molar-refractivity contribution in [1.82, 2.24) is 5.43 Å². The Bertz CT molecular complexity index is 826. The van der Waals surface area contributed by atoms with E-state index in [9.17, 15) is 4.79 Å². The molecular formula is C17H14N2O2S. The fourth-order valence-corrected chi connectivity index (χ4v) is 2.73. The zero-order valence-electron chi connectivity index (χ0n) is 11.9. The zero-order valence-corrected chi connectivity index (χ0v) is 12.8. The van der Waals surface area contributed by atoms with Crippen LogP contribution >= 0.6 is 11.3 Å². The first kappa shape index (κ1) is 14.3. The van der Waals surface area contributed by atoms with Crippen LogP contribution in [0.2, 0.25) is 0 Å². The van der Waals surface area contributed by atoms with Gasteiger partial charge in [0.05, 0.1) is 18.9 Å². The minimum absolute atomic E-state index is 0.296. The molecule has 110 valence electrons. The molecule has 0 spiro atoms. The van der Waals surface area contributed by atoms with Crippen molar-refractivity contribution in [2.45, 2.75) is 0 Å². The van der Waals surface area contributed by atoms with Crippen molar-refractivity contribution in [1.29, 1.82) is 0 Å². The van der Waals surface area contributed by atoms with Crippen LogP contribution in [0.4, 0.5) is 0 Å². The molecule has 0 saturated carbocycles. The maximum Gasteiger partial charge on any atom is 0.275 e. The average Bonchev–Trinajstić information content (AvgIpc) is 3.06. The number of ether oxygens (including phenoxy) is 1. The van der Waals surface area contributed by atoms with Crippen LogP contribution in [0, 0.1) is 0 Å². The molecule has 0 radical (unpaired) electrons. The predicted molar refractivity (Wildman–Crippen MR) is 89.9 cm³/mol. The van der Waals surface area contributed by atoms with Crippen molar-refractivity contribution < 1.29 is 9.53 Å². The Balaban J connectivity index is 1.86. The summed E-state index contributed by atoms with van der Waals surface area (Å²) in [6.07, 6.45) is 1.62. The van der Waals surface area contributed by atoms with Gasteiger partial charge in [-0.1, -0.05) is 30.3 Å². The molecule has 2 aromatic carbocycles. The van der Waals surface area contributed by atoms with Gasteiger partial charge in [0.2, 0.25) is 0 Å². The van der Waals surface area contributed by atoms with Crippen molar-refractivity contribution in [3.63, 3.8) is 0 Å². The number of hydrogen-bond acceptors (Lipinski definition) is 4. The van der Waals surface area contributed by atoms with Crippen LogP contribution in [-0.2, 0) is 0 Å². The Hall–Kier alpha value is -2.66. The quantitative estimate of drug-likeness (QED) is 0.590. The Morgan fingerprint density at radius 1 is 1.18 bits per heavy atom. The molecule has 3 aromatic rings. The lowest BCUT2D eigenvalue weighted by molar-refractivity contribution is 0.0952. The summed E-state index contributed by atoms with van der Waals surface area (Å²) in [6.45, 7) is 0. The molecule has 1 heterocycles. The second-order valence-electron chi connectivity index (χ2n) is 4.61. The van der Waals surface area contributed by atoms with E-state index in [1.165, 1.54) is 0 Å². The lowest BCUT2D eigenvalue weighted by atomic mass is 10.1. The van der Waals surface area contributed by atoms with Crippen LogP contribution in [0.15, 0.2) is 59.0 Å². The minimum atomic E-state index is -0.296. The van der Waals surface area contributed by atoms with Crippen LogP contribution < -0.4 is 10.2 Å². The van der Waals surface area contributed by atoms with E-state index < -0.39 is 0 Å². The van der Waals surface area contributed by atoms with E-state index in [1.807, 2.05) is 53.9 Å². The summed E-state index contributed by atoms with van der Waals surface area (Å²) in [7, 11) is 1.55. The maximum absolute atomic E-state index is 12.3. The smallest absolute Gasteiger partial charge is 0.275 e. The van der Waals surface area contributed by atoms with Gasteiger partial charge in [-0.15, -0.1) is 11.3 Å². The van der Waals surface area contributed by atoms with Crippen LogP contribution in [0.5, 0.6) is 5.75 Å². The highest BCUT2D eigenvalue weighted by Gasteiger charge is 2.13. The number of fused-ring (bicyclic) bond motifs is 1. The number of rotatable bonds is 4. The topological polar surface area (TPSA) is 50.7 Å². The van der Waals surface area contributed by atoms with Gasteiger partial charge in [-0.3, -0.25) is 4.79 Å². The number of amides is 1. The number of thiophene rings is 1. The van der Waals surface area contributed by atoms with Crippen LogP contribution in [0.3, 0.4) is 0 Å². The molecule has 0 aliphatic carbocycles. The molecule has 0 fully saturated rings. The predicted octanol–water partition coefficient (Wildman–Crippen LogP) is 3.67. The van der Waals surface area contributed by atoms with Crippen LogP contribution in [0.25, 0.3) is 10.8 Å². The number of nitrogens with one attached hydrogen (secondary N) is 1. The van der Waals surface area contributed by atoms with Crippen molar-refractivity contribution in [2.75, 3.05) is 7.11 Å². The number of hydrogen-bond donors (Lipinski definition) is 1. The van der Waals surface area contributed by atoms with E-state index in [2.05, 4.69) is 10.5 Å². The van der Waals surface area contributed by atoms with Gasteiger partial charge in [0.1, 0.15) is 5.75 Å². The van der Waals surface area contributed by atoms with E-state index >= 15 is 0 Å². The van der Waals surface area contributed by atoms with Gasteiger partial charge in [0.25, 0.3) is 5.91 Å². The Morgan fingerprint density at radius 3 is 2.64 bits per heavy atom. The van der Waals surface area contributed by atoms with Gasteiger partial charge in [0.15, 0.2) is 0 Å². The third kappa shape index (κ3) is 2.99. The van der Waals surface area contributed by atoms with Crippen LogP contribution in [-0.4, -0.2) is 19.2 Å². The normalized spacial score (nSPS) is 11.0. The molecule has 0 unspecified atom stereocenters. The molecule has 0 bridgehead atoms. The first-order valence-electron chi connectivity index (χ1n) is 6.71. The summed E-state index contributed by atoms with van der Waals surface area (Å²) < 4.78 is 5.32. The Morgan fingerprint density at radius 2 is 1.95 bits per heavy atom. The summed E-state index contributed by atoms with van der Waals surface area (Å²) >= 11 is 1.55. The molecular weight excluding hydrogens is 296 g/mol. The minimum Gasteiger partial charge on any atom is -0.496 e. The number of hydrazone groups is 1. The largest absolute Gasteiger partial charge is 0.496 e. The molecule has 1 N–H and O–H groups in total. The number of carbonyl (C=O) groups is 1. The lowest BCUT2D eigenvalue weighted by Crippen LogP contribution is -2.18. The second-order valence-corrected chi connectivity index (χ2v) is 5.59. The van der Waals surface area contributed by atoms with Gasteiger partial charge in [-0.05, 0) is 34.4 Å². The highest BCUT2D eigenvalue weighted by molar-refractivity contribution is 7.11. The second kappa shape index (κ2) is 6.41. The summed E-state index contributed by atoms with van der Waals surface area (Å²) in [5.41, 5.74) is 3.00. The Labute approximate surface area is 132 Å². The molecule has 0 aliphatic heterocycles. The molecule has 22 heavy (non-hydrogen) atoms. The average molecular weight is 310 g/mol. The zero-order chi connectivity index (χ0) is 15.4. The standard InChI is InChI=1S/C17H14N2O2S/c1-21-16-10-13-6-3-2-5-12(13)9-15(16)17(20)19-18-11-14-7-4-8-22-14/h2-11H,1H3,(H,19,20). The summed E-state index contributed by atoms with van der Waals surface area (Å²) in [5, 5.41) is 7.94. The van der Waals surface area contributed by atoms with Gasteiger partial charge < -0.3 is 4.74 Å². The molecule has 4 nitrogen and oxygen atoms in total. The molecule has 3 rings (SSSR count). The van der Waals surface area contributed by atoms with Gasteiger partial charge in [0, 0.05) is 4.88 Å². The van der Waals surface area contributed by atoms with E-state index in [0.29, 0.717) is 11.3 Å². The van der Waals surface area contributed by atoms with Crippen molar-refractivity contribution in [3.05, 3.63) is 64.4 Å². The summed E-state index contributed by atoms with van der Waals surface area (Å²) in [5.74, 6) is 0.234. The SMILES string of the molecule is COc1cc2ccccc2cc1C(=O)NN=Cc1cccs1. The Kier molecular flexibility index (Phi) is 4.16. The fourth-order valence-electron chi connectivity index (χ4n) is 2.15. The molecule has 5 heteroatoms. The molecule has 1 amide bonds. The van der Waals surface area contributed by atoms with E-state index in [1.54, 1.807) is 24.7 Å². The third-order valence-electron chi connectivity index (χ3n) is 3.21. The lowest BCUT2D eigenvalue weighted by Gasteiger charge is -2.09. The first-order chi connectivity index (χ1) is 10.8.